The number of fused-ring (bicyclic) bond motifs is 3. The number of amides is 1. The Morgan fingerprint density at radius 1 is 1.06 bits per heavy atom. The van der Waals surface area contributed by atoms with Crippen molar-refractivity contribution in [3.8, 4) is 0 Å². The predicted octanol–water partition coefficient (Wildman–Crippen LogP) is 7.70. The number of methoxy groups -OCH3 is 1. The third-order valence-corrected chi connectivity index (χ3v) is 9.37. The number of esters is 1. The highest BCUT2D eigenvalue weighted by Gasteiger charge is 2.27. The van der Waals surface area contributed by atoms with Gasteiger partial charge in [0.05, 0.1) is 7.11 Å². The lowest BCUT2D eigenvalue weighted by Gasteiger charge is -2.24. The molecule has 1 saturated carbocycles. The Hall–Kier alpha value is -2.96. The van der Waals surface area contributed by atoms with E-state index in [-0.39, 0.29) is 23.7 Å². The van der Waals surface area contributed by atoms with E-state index in [2.05, 4.69) is 55.6 Å². The lowest BCUT2D eigenvalue weighted by Crippen LogP contribution is -2.34. The lowest BCUT2D eigenvalue weighted by molar-refractivity contribution is -0.127. The Balaban J connectivity index is 1.62. The van der Waals surface area contributed by atoms with Crippen molar-refractivity contribution in [3.05, 3.63) is 75.0 Å². The van der Waals surface area contributed by atoms with E-state index in [4.69, 9.17) is 4.74 Å². The maximum absolute atomic E-state index is 12.8. The topological polar surface area (TPSA) is 55.4 Å². The number of hydrogen-bond donors (Lipinski definition) is 1. The van der Waals surface area contributed by atoms with Gasteiger partial charge in [-0.25, -0.2) is 4.79 Å². The average molecular weight is 518 g/mol. The highest BCUT2D eigenvalue weighted by Crippen LogP contribution is 2.45. The van der Waals surface area contributed by atoms with Crippen LogP contribution in [0, 0.1) is 5.92 Å². The minimum atomic E-state index is -0.283. The van der Waals surface area contributed by atoms with E-state index in [1.807, 2.05) is 18.2 Å². The first kappa shape index (κ1) is 24.7. The Morgan fingerprint density at radius 2 is 1.78 bits per heavy atom. The fraction of sp³-hybridized carbons (Fsp3) is 0.333. The minimum absolute atomic E-state index is 0.148. The summed E-state index contributed by atoms with van der Waals surface area (Å²) in [7, 11) is 1.44. The molecule has 1 amide bonds. The first-order valence-electron chi connectivity index (χ1n) is 12.5. The predicted molar refractivity (Wildman–Crippen MR) is 151 cm³/mol. The van der Waals surface area contributed by atoms with Crippen LogP contribution >= 0.6 is 22.7 Å². The summed E-state index contributed by atoms with van der Waals surface area (Å²) in [5.74, 6) is 0.184. The Kier molecular flexibility index (Phi) is 7.26. The number of nitrogens with one attached hydrogen (secondary N) is 1. The van der Waals surface area contributed by atoms with E-state index in [0.29, 0.717) is 11.4 Å². The molecular formula is C30H31NO3S2. The van der Waals surface area contributed by atoms with Crippen molar-refractivity contribution in [2.75, 3.05) is 7.11 Å². The van der Waals surface area contributed by atoms with Crippen LogP contribution in [0.25, 0.3) is 26.2 Å². The monoisotopic (exact) mass is 517 g/mol. The number of hydrogen-bond acceptors (Lipinski definition) is 5. The van der Waals surface area contributed by atoms with Gasteiger partial charge in [0, 0.05) is 43.9 Å². The summed E-state index contributed by atoms with van der Waals surface area (Å²) in [6.07, 6.45) is 8.24. The van der Waals surface area contributed by atoms with Crippen molar-refractivity contribution < 1.29 is 14.3 Å². The second kappa shape index (κ2) is 10.6. The molecule has 1 aliphatic carbocycles. The highest BCUT2D eigenvalue weighted by atomic mass is 32.1. The smallest absolute Gasteiger partial charge is 0.348 e. The summed E-state index contributed by atoms with van der Waals surface area (Å²) in [6.45, 7) is 4.76. The minimum Gasteiger partial charge on any atom is -0.465 e. The van der Waals surface area contributed by atoms with Crippen molar-refractivity contribution in [2.24, 2.45) is 5.92 Å². The molecule has 0 spiro atoms. The zero-order chi connectivity index (χ0) is 25.2. The fourth-order valence-corrected chi connectivity index (χ4v) is 7.41. The van der Waals surface area contributed by atoms with Crippen LogP contribution in [0.1, 0.15) is 70.3 Å². The summed E-state index contributed by atoms with van der Waals surface area (Å²) in [5, 5.41) is 5.54. The fourth-order valence-electron chi connectivity index (χ4n) is 4.92. The molecule has 0 atom stereocenters. The summed E-state index contributed by atoms with van der Waals surface area (Å²) in [5.41, 5.74) is 3.38. The SMILES string of the molecule is COC(=O)c1sc2ccc3sc(CC=Cc4ccccc4)c(CNC(=O)C4CCC4)c3c2c1C(C)C. The largest absolute Gasteiger partial charge is 0.465 e. The van der Waals surface area contributed by atoms with Crippen LogP contribution in [0.5, 0.6) is 0 Å². The van der Waals surface area contributed by atoms with Crippen molar-refractivity contribution in [1.82, 2.24) is 5.32 Å². The third-order valence-electron chi connectivity index (χ3n) is 7.00. The quantitative estimate of drug-likeness (QED) is 0.244. The number of ether oxygens (including phenoxy) is 1. The van der Waals surface area contributed by atoms with Crippen molar-refractivity contribution >= 4 is 60.8 Å². The third kappa shape index (κ3) is 4.72. The van der Waals surface area contributed by atoms with E-state index >= 15 is 0 Å². The van der Waals surface area contributed by atoms with Gasteiger partial charge in [-0.15, -0.1) is 22.7 Å². The van der Waals surface area contributed by atoms with Gasteiger partial charge < -0.3 is 10.1 Å². The van der Waals surface area contributed by atoms with Gasteiger partial charge in [-0.2, -0.15) is 0 Å². The lowest BCUT2D eigenvalue weighted by atomic mass is 9.85. The molecule has 2 heterocycles. The zero-order valence-corrected chi connectivity index (χ0v) is 22.6. The van der Waals surface area contributed by atoms with E-state index in [9.17, 15) is 9.59 Å². The second-order valence-electron chi connectivity index (χ2n) is 9.67. The molecule has 1 fully saturated rings. The molecule has 1 N–H and O–H groups in total. The molecule has 0 unspecified atom stereocenters. The highest BCUT2D eigenvalue weighted by molar-refractivity contribution is 7.22. The molecule has 2 aromatic carbocycles. The second-order valence-corrected chi connectivity index (χ2v) is 11.9. The van der Waals surface area contributed by atoms with Gasteiger partial charge in [-0.3, -0.25) is 4.79 Å². The molecule has 2 aromatic heterocycles. The van der Waals surface area contributed by atoms with Gasteiger partial charge in [0.15, 0.2) is 0 Å². The van der Waals surface area contributed by atoms with Gasteiger partial charge in [-0.05, 0) is 47.6 Å². The van der Waals surface area contributed by atoms with Gasteiger partial charge in [-0.1, -0.05) is 62.8 Å². The van der Waals surface area contributed by atoms with Crippen LogP contribution in [-0.4, -0.2) is 19.0 Å². The van der Waals surface area contributed by atoms with Crippen molar-refractivity contribution in [3.63, 3.8) is 0 Å². The van der Waals surface area contributed by atoms with Crippen LogP contribution < -0.4 is 5.32 Å². The molecule has 0 radical (unpaired) electrons. The van der Waals surface area contributed by atoms with E-state index < -0.39 is 0 Å². The summed E-state index contributed by atoms with van der Waals surface area (Å²) in [4.78, 5) is 27.3. The number of carbonyl (C=O) groups excluding carboxylic acids is 2. The maximum atomic E-state index is 12.8. The normalized spacial score (nSPS) is 14.1. The molecule has 0 aliphatic heterocycles. The van der Waals surface area contributed by atoms with Crippen molar-refractivity contribution in [2.45, 2.75) is 52.0 Å². The van der Waals surface area contributed by atoms with Gasteiger partial charge >= 0.3 is 5.97 Å². The van der Waals surface area contributed by atoms with Crippen LogP contribution in [0.4, 0.5) is 0 Å². The number of rotatable bonds is 8. The molecule has 5 rings (SSSR count). The first-order chi connectivity index (χ1) is 17.5. The van der Waals surface area contributed by atoms with Gasteiger partial charge in [0.1, 0.15) is 4.88 Å². The van der Waals surface area contributed by atoms with Crippen LogP contribution in [0.3, 0.4) is 0 Å². The number of carbonyl (C=O) groups is 2. The van der Waals surface area contributed by atoms with Crippen LogP contribution in [0.15, 0.2) is 48.5 Å². The molecule has 0 bridgehead atoms. The molecule has 36 heavy (non-hydrogen) atoms. The zero-order valence-electron chi connectivity index (χ0n) is 20.9. The number of thiophene rings is 2. The van der Waals surface area contributed by atoms with E-state index in [1.54, 1.807) is 11.3 Å². The van der Waals surface area contributed by atoms with Gasteiger partial charge in [0.2, 0.25) is 5.91 Å². The molecule has 0 saturated heterocycles. The molecule has 4 aromatic rings. The van der Waals surface area contributed by atoms with Crippen LogP contribution in [0.2, 0.25) is 0 Å². The van der Waals surface area contributed by atoms with Crippen molar-refractivity contribution in [1.29, 1.82) is 0 Å². The Morgan fingerprint density at radius 3 is 2.42 bits per heavy atom. The summed E-state index contributed by atoms with van der Waals surface area (Å²) in [6, 6.07) is 14.6. The summed E-state index contributed by atoms with van der Waals surface area (Å²) < 4.78 is 7.41. The maximum Gasteiger partial charge on any atom is 0.348 e. The van der Waals surface area contributed by atoms with Crippen LogP contribution in [-0.2, 0) is 22.5 Å². The molecule has 4 nitrogen and oxygen atoms in total. The Bertz CT molecular complexity index is 1440. The standard InChI is InChI=1S/C30H31NO3S2/c1-18(2)25-27-24(36-28(25)30(33)34-3)16-15-23-26(27)21(17-31-29(32)20-12-8-13-20)22(35-23)14-7-11-19-9-5-4-6-10-19/h4-7,9-11,15-16,18,20H,8,12-14,17H2,1-3H3,(H,31,32). The summed E-state index contributed by atoms with van der Waals surface area (Å²) >= 11 is 3.29. The number of allylic oxidation sites excluding steroid dienone is 1. The Labute approximate surface area is 220 Å². The average Bonchev–Trinajstić information content (AvgIpc) is 3.40. The number of benzene rings is 2. The molecule has 186 valence electrons. The molecule has 6 heteroatoms. The van der Waals surface area contributed by atoms with E-state index in [1.165, 1.54) is 44.5 Å². The first-order valence-corrected chi connectivity index (χ1v) is 14.2. The van der Waals surface area contributed by atoms with Gasteiger partial charge in [0.25, 0.3) is 0 Å². The van der Waals surface area contributed by atoms with E-state index in [0.717, 1.165) is 41.3 Å². The molecule has 1 aliphatic rings. The molecular weight excluding hydrogens is 486 g/mol.